The molecule has 146 valence electrons. The van der Waals surface area contributed by atoms with E-state index in [4.69, 9.17) is 9.47 Å². The van der Waals surface area contributed by atoms with E-state index in [9.17, 15) is 9.59 Å². The van der Waals surface area contributed by atoms with Crippen molar-refractivity contribution in [1.82, 2.24) is 0 Å². The molecule has 0 heterocycles. The standard InChI is InChI=1S/C24H26O4/c1-4-27-22-12-7-6-11-19(22)20-14-18(17-10-8-9-16(3)13-17)15-21(25)23(20)24(26)28-5-2/h6-13,15,20,23H,4-5,14H2,1-3H3/t20-,23-/m0/s1. The lowest BCUT2D eigenvalue weighted by Gasteiger charge is -2.30. The monoisotopic (exact) mass is 378 g/mol. The summed E-state index contributed by atoms with van der Waals surface area (Å²) < 4.78 is 11.0. The third-order valence-corrected chi connectivity index (χ3v) is 5.01. The van der Waals surface area contributed by atoms with Gasteiger partial charge in [0.15, 0.2) is 5.78 Å². The highest BCUT2D eigenvalue weighted by molar-refractivity contribution is 6.10. The largest absolute Gasteiger partial charge is 0.494 e. The van der Waals surface area contributed by atoms with Crippen molar-refractivity contribution in [3.05, 3.63) is 71.3 Å². The van der Waals surface area contributed by atoms with Gasteiger partial charge in [0.05, 0.1) is 13.2 Å². The summed E-state index contributed by atoms with van der Waals surface area (Å²) in [7, 11) is 0. The Labute approximate surface area is 166 Å². The van der Waals surface area contributed by atoms with E-state index < -0.39 is 11.9 Å². The topological polar surface area (TPSA) is 52.6 Å². The van der Waals surface area contributed by atoms with E-state index in [1.54, 1.807) is 13.0 Å². The molecule has 0 amide bonds. The van der Waals surface area contributed by atoms with Crippen molar-refractivity contribution in [1.29, 1.82) is 0 Å². The van der Waals surface area contributed by atoms with Gasteiger partial charge in [-0.1, -0.05) is 48.0 Å². The molecule has 0 unspecified atom stereocenters. The number of rotatable bonds is 6. The molecule has 0 aliphatic heterocycles. The fourth-order valence-electron chi connectivity index (χ4n) is 3.80. The number of carbonyl (C=O) groups is 2. The number of hydrogen-bond donors (Lipinski definition) is 0. The molecule has 28 heavy (non-hydrogen) atoms. The molecule has 3 rings (SSSR count). The highest BCUT2D eigenvalue weighted by Gasteiger charge is 2.40. The molecule has 4 nitrogen and oxygen atoms in total. The molecule has 0 N–H and O–H groups in total. The Morgan fingerprint density at radius 2 is 1.86 bits per heavy atom. The number of allylic oxidation sites excluding steroid dienone is 2. The molecule has 0 spiro atoms. The molecule has 2 aromatic carbocycles. The zero-order chi connectivity index (χ0) is 20.1. The number of benzene rings is 2. The molecule has 4 heteroatoms. The van der Waals surface area contributed by atoms with Gasteiger partial charge in [-0.25, -0.2) is 0 Å². The number of esters is 1. The van der Waals surface area contributed by atoms with Crippen LogP contribution in [0.25, 0.3) is 5.57 Å². The molecule has 0 bridgehead atoms. The molecule has 2 aromatic rings. The third-order valence-electron chi connectivity index (χ3n) is 5.01. The van der Waals surface area contributed by atoms with E-state index in [0.29, 0.717) is 18.8 Å². The van der Waals surface area contributed by atoms with Gasteiger partial charge in [-0.05, 0) is 56.0 Å². The third kappa shape index (κ3) is 4.16. The zero-order valence-electron chi connectivity index (χ0n) is 16.6. The molecule has 0 radical (unpaired) electrons. The van der Waals surface area contributed by atoms with Gasteiger partial charge in [0, 0.05) is 5.92 Å². The van der Waals surface area contributed by atoms with Crippen LogP contribution in [0.1, 0.15) is 42.9 Å². The van der Waals surface area contributed by atoms with Crippen LogP contribution >= 0.6 is 0 Å². The number of carbonyl (C=O) groups excluding carboxylic acids is 2. The van der Waals surface area contributed by atoms with Crippen LogP contribution < -0.4 is 4.74 Å². The Morgan fingerprint density at radius 1 is 1.07 bits per heavy atom. The number of ether oxygens (including phenoxy) is 2. The van der Waals surface area contributed by atoms with Crippen molar-refractivity contribution in [3.8, 4) is 5.75 Å². The minimum atomic E-state index is -0.852. The molecule has 1 aliphatic rings. The van der Waals surface area contributed by atoms with E-state index in [1.165, 1.54) is 0 Å². The van der Waals surface area contributed by atoms with E-state index in [-0.39, 0.29) is 18.3 Å². The van der Waals surface area contributed by atoms with Crippen molar-refractivity contribution >= 4 is 17.3 Å². The Balaban J connectivity index is 2.07. The van der Waals surface area contributed by atoms with Gasteiger partial charge in [0.2, 0.25) is 0 Å². The number of para-hydroxylation sites is 1. The molecule has 0 saturated heterocycles. The lowest BCUT2D eigenvalue weighted by molar-refractivity contribution is -0.151. The van der Waals surface area contributed by atoms with E-state index in [0.717, 1.165) is 22.3 Å². The first-order chi connectivity index (χ1) is 13.5. The van der Waals surface area contributed by atoms with Gasteiger partial charge in [0.1, 0.15) is 11.7 Å². The first kappa shape index (κ1) is 19.9. The lowest BCUT2D eigenvalue weighted by atomic mass is 9.73. The highest BCUT2D eigenvalue weighted by atomic mass is 16.5. The number of ketones is 1. The summed E-state index contributed by atoms with van der Waals surface area (Å²) in [6.45, 7) is 6.46. The second-order valence-corrected chi connectivity index (χ2v) is 6.95. The molecular weight excluding hydrogens is 352 g/mol. The van der Waals surface area contributed by atoms with E-state index in [2.05, 4.69) is 6.07 Å². The fraction of sp³-hybridized carbons (Fsp3) is 0.333. The second kappa shape index (κ2) is 8.87. The van der Waals surface area contributed by atoms with Crippen LogP contribution in [-0.2, 0) is 14.3 Å². The minimum Gasteiger partial charge on any atom is -0.494 e. The minimum absolute atomic E-state index is 0.211. The zero-order valence-corrected chi connectivity index (χ0v) is 16.6. The summed E-state index contributed by atoms with van der Waals surface area (Å²) in [4.78, 5) is 25.7. The maximum Gasteiger partial charge on any atom is 0.317 e. The molecule has 2 atom stereocenters. The molecule has 0 fully saturated rings. The van der Waals surface area contributed by atoms with E-state index in [1.807, 2.05) is 56.3 Å². The average Bonchev–Trinajstić information content (AvgIpc) is 2.68. The second-order valence-electron chi connectivity index (χ2n) is 6.95. The molecular formula is C24H26O4. The van der Waals surface area contributed by atoms with Crippen LogP contribution in [0.3, 0.4) is 0 Å². The van der Waals surface area contributed by atoms with Crippen LogP contribution in [0.2, 0.25) is 0 Å². The summed E-state index contributed by atoms with van der Waals surface area (Å²) in [5, 5.41) is 0. The Hall–Kier alpha value is -2.88. The van der Waals surface area contributed by atoms with Gasteiger partial charge in [0.25, 0.3) is 0 Å². The Kier molecular flexibility index (Phi) is 6.30. The van der Waals surface area contributed by atoms with Crippen LogP contribution in [-0.4, -0.2) is 25.0 Å². The first-order valence-electron chi connectivity index (χ1n) is 9.75. The summed E-state index contributed by atoms with van der Waals surface area (Å²) in [5.74, 6) is -1.15. The first-order valence-corrected chi connectivity index (χ1v) is 9.75. The average molecular weight is 378 g/mol. The maximum absolute atomic E-state index is 13.0. The van der Waals surface area contributed by atoms with Crippen molar-refractivity contribution < 1.29 is 19.1 Å². The summed E-state index contributed by atoms with van der Waals surface area (Å²) in [6, 6.07) is 15.7. The van der Waals surface area contributed by atoms with Gasteiger partial charge in [-0.15, -0.1) is 0 Å². The van der Waals surface area contributed by atoms with Crippen LogP contribution in [0.4, 0.5) is 0 Å². The number of hydrogen-bond acceptors (Lipinski definition) is 4. The van der Waals surface area contributed by atoms with Gasteiger partial charge in [-0.3, -0.25) is 9.59 Å². The summed E-state index contributed by atoms with van der Waals surface area (Å²) >= 11 is 0. The Bertz CT molecular complexity index is 897. The summed E-state index contributed by atoms with van der Waals surface area (Å²) in [5.41, 5.74) is 3.94. The number of aryl methyl sites for hydroxylation is 1. The predicted molar refractivity (Wildman–Crippen MR) is 109 cm³/mol. The molecule has 0 saturated carbocycles. The SMILES string of the molecule is CCOC(=O)[C@@H]1C(=O)C=C(c2cccc(C)c2)C[C@H]1c1ccccc1OCC. The maximum atomic E-state index is 13.0. The molecule has 1 aliphatic carbocycles. The lowest BCUT2D eigenvalue weighted by Crippen LogP contribution is -2.34. The van der Waals surface area contributed by atoms with Gasteiger partial charge < -0.3 is 9.47 Å². The summed E-state index contributed by atoms with van der Waals surface area (Å²) in [6.07, 6.45) is 2.18. The van der Waals surface area contributed by atoms with Crippen LogP contribution in [0.5, 0.6) is 5.75 Å². The quantitative estimate of drug-likeness (QED) is 0.539. The van der Waals surface area contributed by atoms with Gasteiger partial charge >= 0.3 is 5.97 Å². The van der Waals surface area contributed by atoms with Crippen LogP contribution in [0.15, 0.2) is 54.6 Å². The highest BCUT2D eigenvalue weighted by Crippen LogP contribution is 2.43. The molecule has 0 aromatic heterocycles. The van der Waals surface area contributed by atoms with Crippen molar-refractivity contribution in [2.75, 3.05) is 13.2 Å². The van der Waals surface area contributed by atoms with Crippen molar-refractivity contribution in [2.45, 2.75) is 33.1 Å². The predicted octanol–water partition coefficient (Wildman–Crippen LogP) is 4.71. The normalized spacial score (nSPS) is 19.1. The fourth-order valence-corrected chi connectivity index (χ4v) is 3.80. The smallest absolute Gasteiger partial charge is 0.317 e. The Morgan fingerprint density at radius 3 is 2.57 bits per heavy atom. The van der Waals surface area contributed by atoms with Gasteiger partial charge in [-0.2, -0.15) is 0 Å². The van der Waals surface area contributed by atoms with Crippen molar-refractivity contribution in [2.24, 2.45) is 5.92 Å². The van der Waals surface area contributed by atoms with Crippen LogP contribution in [0, 0.1) is 12.8 Å². The van der Waals surface area contributed by atoms with E-state index >= 15 is 0 Å². The van der Waals surface area contributed by atoms with Crippen molar-refractivity contribution in [3.63, 3.8) is 0 Å².